The Kier molecular flexibility index (Phi) is 6.64. The van der Waals surface area contributed by atoms with E-state index in [1.54, 1.807) is 30.3 Å². The van der Waals surface area contributed by atoms with Crippen LogP contribution >= 0.6 is 0 Å². The fourth-order valence-corrected chi connectivity index (χ4v) is 4.80. The van der Waals surface area contributed by atoms with Crippen LogP contribution in [0.4, 0.5) is 5.69 Å². The highest BCUT2D eigenvalue weighted by molar-refractivity contribution is 7.89. The van der Waals surface area contributed by atoms with Crippen LogP contribution in [0.25, 0.3) is 0 Å². The van der Waals surface area contributed by atoms with E-state index in [0.29, 0.717) is 48.9 Å². The standard InChI is InChI=1S/C21H27N3O5S/c1-15-19(28-3)12-16(13-20(15)29-4)21(25)22-17-6-5-7-18(14-17)30(26,27)24-10-8-23(2)9-11-24/h5-7,12-14H,8-11H2,1-4H3,(H,22,25). The normalized spacial score (nSPS) is 15.6. The zero-order valence-corrected chi connectivity index (χ0v) is 18.5. The minimum absolute atomic E-state index is 0.156. The molecule has 3 rings (SSSR count). The highest BCUT2D eigenvalue weighted by Gasteiger charge is 2.27. The first-order chi connectivity index (χ1) is 14.3. The van der Waals surface area contributed by atoms with E-state index >= 15 is 0 Å². The Morgan fingerprint density at radius 2 is 1.60 bits per heavy atom. The van der Waals surface area contributed by atoms with Gasteiger partial charge in [0.2, 0.25) is 10.0 Å². The van der Waals surface area contributed by atoms with Crippen molar-refractivity contribution in [3.05, 3.63) is 47.5 Å². The number of likely N-dealkylation sites (N-methyl/N-ethyl adjacent to an activating group) is 1. The van der Waals surface area contributed by atoms with Crippen LogP contribution < -0.4 is 14.8 Å². The maximum absolute atomic E-state index is 13.0. The third kappa shape index (κ3) is 4.58. The van der Waals surface area contributed by atoms with Gasteiger partial charge in [0.25, 0.3) is 5.91 Å². The highest BCUT2D eigenvalue weighted by atomic mass is 32.2. The van der Waals surface area contributed by atoms with Crippen molar-refractivity contribution in [2.24, 2.45) is 0 Å². The van der Waals surface area contributed by atoms with Gasteiger partial charge in [-0.15, -0.1) is 0 Å². The fraction of sp³-hybridized carbons (Fsp3) is 0.381. The molecule has 0 spiro atoms. The van der Waals surface area contributed by atoms with Crippen LogP contribution in [0.3, 0.4) is 0 Å². The topological polar surface area (TPSA) is 88.2 Å². The van der Waals surface area contributed by atoms with Crippen molar-refractivity contribution in [1.82, 2.24) is 9.21 Å². The number of benzene rings is 2. The lowest BCUT2D eigenvalue weighted by atomic mass is 10.1. The number of amides is 1. The van der Waals surface area contributed by atoms with Gasteiger partial charge in [0.15, 0.2) is 0 Å². The Labute approximate surface area is 177 Å². The van der Waals surface area contributed by atoms with E-state index in [2.05, 4.69) is 10.2 Å². The SMILES string of the molecule is COc1cc(C(=O)Nc2cccc(S(=O)(=O)N3CCN(C)CC3)c2)cc(OC)c1C. The average molecular weight is 434 g/mol. The molecule has 0 aromatic heterocycles. The van der Waals surface area contributed by atoms with Crippen molar-refractivity contribution in [2.45, 2.75) is 11.8 Å². The average Bonchev–Trinajstić information content (AvgIpc) is 2.74. The van der Waals surface area contributed by atoms with Crippen molar-refractivity contribution >= 4 is 21.6 Å². The van der Waals surface area contributed by atoms with Crippen molar-refractivity contribution in [2.75, 3.05) is 52.8 Å². The predicted molar refractivity (Wildman–Crippen MR) is 115 cm³/mol. The Bertz CT molecular complexity index is 1010. The van der Waals surface area contributed by atoms with Crippen LogP contribution in [0.5, 0.6) is 11.5 Å². The molecular formula is C21H27N3O5S. The van der Waals surface area contributed by atoms with Gasteiger partial charge in [0, 0.05) is 43.0 Å². The van der Waals surface area contributed by atoms with Crippen molar-refractivity contribution < 1.29 is 22.7 Å². The number of carbonyl (C=O) groups is 1. The van der Waals surface area contributed by atoms with E-state index in [1.807, 2.05) is 14.0 Å². The number of ether oxygens (including phenoxy) is 2. The van der Waals surface area contributed by atoms with Gasteiger partial charge in [-0.25, -0.2) is 8.42 Å². The largest absolute Gasteiger partial charge is 0.496 e. The lowest BCUT2D eigenvalue weighted by Crippen LogP contribution is -2.47. The number of hydrogen-bond donors (Lipinski definition) is 1. The maximum atomic E-state index is 13.0. The van der Waals surface area contributed by atoms with Crippen molar-refractivity contribution in [3.8, 4) is 11.5 Å². The number of anilines is 1. The molecule has 1 amide bonds. The number of piperazine rings is 1. The summed E-state index contributed by atoms with van der Waals surface area (Å²) >= 11 is 0. The van der Waals surface area contributed by atoms with Gasteiger partial charge >= 0.3 is 0 Å². The fourth-order valence-electron chi connectivity index (χ4n) is 3.33. The lowest BCUT2D eigenvalue weighted by molar-refractivity contribution is 0.102. The first-order valence-corrected chi connectivity index (χ1v) is 11.0. The Morgan fingerprint density at radius 1 is 1.00 bits per heavy atom. The molecular weight excluding hydrogens is 406 g/mol. The number of rotatable bonds is 6. The number of nitrogens with zero attached hydrogens (tertiary/aromatic N) is 2. The van der Waals surface area contributed by atoms with Crippen molar-refractivity contribution in [3.63, 3.8) is 0 Å². The summed E-state index contributed by atoms with van der Waals surface area (Å²) in [6, 6.07) is 9.55. The summed E-state index contributed by atoms with van der Waals surface area (Å²) in [6.07, 6.45) is 0. The second kappa shape index (κ2) is 9.03. The van der Waals surface area contributed by atoms with E-state index in [0.717, 1.165) is 5.56 Å². The lowest BCUT2D eigenvalue weighted by Gasteiger charge is -2.31. The van der Waals surface area contributed by atoms with E-state index < -0.39 is 10.0 Å². The molecule has 0 radical (unpaired) electrons. The van der Waals surface area contributed by atoms with Gasteiger partial charge in [0.05, 0.1) is 19.1 Å². The molecule has 8 nitrogen and oxygen atoms in total. The minimum Gasteiger partial charge on any atom is -0.496 e. The highest BCUT2D eigenvalue weighted by Crippen LogP contribution is 2.30. The first-order valence-electron chi connectivity index (χ1n) is 9.59. The monoisotopic (exact) mass is 433 g/mol. The van der Waals surface area contributed by atoms with Crippen LogP contribution in [0.2, 0.25) is 0 Å². The maximum Gasteiger partial charge on any atom is 0.255 e. The summed E-state index contributed by atoms with van der Waals surface area (Å²) in [7, 11) is 1.40. The van der Waals surface area contributed by atoms with Crippen molar-refractivity contribution in [1.29, 1.82) is 0 Å². The predicted octanol–water partition coefficient (Wildman–Crippen LogP) is 2.20. The van der Waals surface area contributed by atoms with Gasteiger partial charge in [-0.2, -0.15) is 4.31 Å². The number of carbonyl (C=O) groups excluding carboxylic acids is 1. The third-order valence-corrected chi connectivity index (χ3v) is 7.10. The van der Waals surface area contributed by atoms with E-state index in [9.17, 15) is 13.2 Å². The first kappa shape index (κ1) is 22.1. The van der Waals surface area contributed by atoms with Crippen LogP contribution in [0, 0.1) is 6.92 Å². The Hall–Kier alpha value is -2.62. The van der Waals surface area contributed by atoms with Gasteiger partial charge < -0.3 is 19.7 Å². The van der Waals surface area contributed by atoms with Crippen LogP contribution in [0.15, 0.2) is 41.3 Å². The molecule has 0 aliphatic carbocycles. The summed E-state index contributed by atoms with van der Waals surface area (Å²) in [4.78, 5) is 15.0. The number of hydrogen-bond acceptors (Lipinski definition) is 6. The third-order valence-electron chi connectivity index (χ3n) is 5.21. The summed E-state index contributed by atoms with van der Waals surface area (Å²) in [5.41, 5.74) is 1.53. The summed E-state index contributed by atoms with van der Waals surface area (Å²) in [5, 5.41) is 2.76. The molecule has 162 valence electrons. The van der Waals surface area contributed by atoms with Crippen LogP contribution in [-0.4, -0.2) is 71.0 Å². The summed E-state index contributed by atoms with van der Waals surface area (Å²) < 4.78 is 38.0. The van der Waals surface area contributed by atoms with Gasteiger partial charge in [-0.1, -0.05) is 6.07 Å². The molecule has 1 aliphatic heterocycles. The number of methoxy groups -OCH3 is 2. The van der Waals surface area contributed by atoms with Gasteiger partial charge in [-0.3, -0.25) is 4.79 Å². The second-order valence-electron chi connectivity index (χ2n) is 7.20. The molecule has 0 saturated carbocycles. The molecule has 0 atom stereocenters. The zero-order valence-electron chi connectivity index (χ0n) is 17.6. The molecule has 1 fully saturated rings. The van der Waals surface area contributed by atoms with E-state index in [4.69, 9.17) is 9.47 Å². The quantitative estimate of drug-likeness (QED) is 0.752. The van der Waals surface area contributed by atoms with E-state index in [1.165, 1.54) is 24.6 Å². The number of sulfonamides is 1. The molecule has 1 N–H and O–H groups in total. The van der Waals surface area contributed by atoms with Gasteiger partial charge in [0.1, 0.15) is 11.5 Å². The molecule has 9 heteroatoms. The van der Waals surface area contributed by atoms with Gasteiger partial charge in [-0.05, 0) is 44.3 Å². The molecule has 2 aromatic carbocycles. The molecule has 1 heterocycles. The Balaban J connectivity index is 1.83. The molecule has 30 heavy (non-hydrogen) atoms. The summed E-state index contributed by atoms with van der Waals surface area (Å²) in [5.74, 6) is 0.678. The van der Waals surface area contributed by atoms with Crippen LogP contribution in [0.1, 0.15) is 15.9 Å². The molecule has 2 aromatic rings. The molecule has 1 aliphatic rings. The number of nitrogens with one attached hydrogen (secondary N) is 1. The van der Waals surface area contributed by atoms with E-state index in [-0.39, 0.29) is 10.8 Å². The summed E-state index contributed by atoms with van der Waals surface area (Å²) in [6.45, 7) is 4.10. The molecule has 0 unspecified atom stereocenters. The smallest absolute Gasteiger partial charge is 0.255 e. The second-order valence-corrected chi connectivity index (χ2v) is 9.13. The molecule has 0 bridgehead atoms. The zero-order chi connectivity index (χ0) is 21.9. The Morgan fingerprint density at radius 3 is 2.17 bits per heavy atom. The van der Waals surface area contributed by atoms with Crippen LogP contribution in [-0.2, 0) is 10.0 Å². The minimum atomic E-state index is -3.62. The molecule has 1 saturated heterocycles.